The largest absolute Gasteiger partial charge is 0.495 e. The first-order valence-corrected chi connectivity index (χ1v) is 12.3. The third-order valence-electron chi connectivity index (χ3n) is 5.19. The van der Waals surface area contributed by atoms with Gasteiger partial charge in [-0.25, -0.2) is 18.5 Å². The number of nitrogens with one attached hydrogen (secondary N) is 2. The van der Waals surface area contributed by atoms with Crippen LogP contribution in [0, 0.1) is 0 Å². The highest BCUT2D eigenvalue weighted by Crippen LogP contribution is 2.35. The molecule has 0 fully saturated rings. The molecule has 0 unspecified atom stereocenters. The lowest BCUT2D eigenvalue weighted by molar-refractivity contribution is -0.120. The maximum Gasteiger partial charge on any atom is 0.283 e. The fraction of sp³-hybridized carbons (Fsp3) is 0.0417. The number of hydrogen-bond acceptors (Lipinski definition) is 7. The summed E-state index contributed by atoms with van der Waals surface area (Å²) >= 11 is 6.20. The van der Waals surface area contributed by atoms with Gasteiger partial charge in [-0.3, -0.25) is 14.4 Å². The topological polar surface area (TPSA) is 148 Å². The molecule has 3 aromatic rings. The molecule has 0 aliphatic carbocycles. The molecule has 3 amide bonds. The zero-order valence-electron chi connectivity index (χ0n) is 18.7. The van der Waals surface area contributed by atoms with Gasteiger partial charge >= 0.3 is 0 Å². The summed E-state index contributed by atoms with van der Waals surface area (Å²) in [4.78, 5) is 39.4. The Hall–Kier alpha value is -4.19. The van der Waals surface area contributed by atoms with Crippen molar-refractivity contribution >= 4 is 56.4 Å². The molecule has 12 heteroatoms. The number of anilines is 3. The first-order chi connectivity index (χ1) is 17.1. The van der Waals surface area contributed by atoms with Gasteiger partial charge in [-0.2, -0.15) is 0 Å². The van der Waals surface area contributed by atoms with Gasteiger partial charge in [0.2, 0.25) is 10.0 Å². The maximum absolute atomic E-state index is 13.1. The number of nitrogens with zero attached hydrogens (tertiary/aromatic N) is 1. The number of rotatable bonds is 7. The molecule has 4 N–H and O–H groups in total. The molecule has 4 rings (SSSR count). The van der Waals surface area contributed by atoms with Gasteiger partial charge in [-0.1, -0.05) is 29.8 Å². The molecular formula is C24H19ClN4O6S. The molecule has 184 valence electrons. The lowest BCUT2D eigenvalue weighted by Crippen LogP contribution is -2.32. The summed E-state index contributed by atoms with van der Waals surface area (Å²) in [6.45, 7) is 0. The summed E-state index contributed by atoms with van der Waals surface area (Å²) in [6.07, 6.45) is 0. The van der Waals surface area contributed by atoms with Gasteiger partial charge < -0.3 is 15.4 Å². The number of methoxy groups -OCH3 is 1. The average Bonchev–Trinajstić information content (AvgIpc) is 3.06. The minimum absolute atomic E-state index is 0.0882. The van der Waals surface area contributed by atoms with E-state index in [1.807, 2.05) is 0 Å². The summed E-state index contributed by atoms with van der Waals surface area (Å²) in [5.41, 5.74) is 1.00. The normalized spacial score (nSPS) is 13.7. The quantitative estimate of drug-likeness (QED) is 0.401. The van der Waals surface area contributed by atoms with Crippen LogP contribution in [0.3, 0.4) is 0 Å². The summed E-state index contributed by atoms with van der Waals surface area (Å²) in [5, 5.41) is 10.2. The molecule has 1 aliphatic rings. The number of halogens is 1. The first kappa shape index (κ1) is 24.9. The number of imide groups is 1. The molecule has 0 spiro atoms. The second-order valence-electron chi connectivity index (χ2n) is 7.54. The van der Waals surface area contributed by atoms with E-state index in [0.717, 1.165) is 4.90 Å². The van der Waals surface area contributed by atoms with Crippen molar-refractivity contribution in [3.63, 3.8) is 0 Å². The molecule has 1 heterocycles. The summed E-state index contributed by atoms with van der Waals surface area (Å²) in [7, 11) is -2.43. The van der Waals surface area contributed by atoms with Gasteiger partial charge in [0.15, 0.2) is 0 Å². The Morgan fingerprint density at radius 2 is 1.64 bits per heavy atom. The molecule has 1 aliphatic heterocycles. The number of carbonyl (C=O) groups is 3. The van der Waals surface area contributed by atoms with Gasteiger partial charge in [0.05, 0.1) is 17.7 Å². The lowest BCUT2D eigenvalue weighted by atomic mass is 10.1. The Morgan fingerprint density at radius 3 is 2.31 bits per heavy atom. The van der Waals surface area contributed by atoms with Crippen LogP contribution in [0.15, 0.2) is 88.4 Å². The Labute approximate surface area is 211 Å². The van der Waals surface area contributed by atoms with Gasteiger partial charge in [0.25, 0.3) is 17.7 Å². The predicted molar refractivity (Wildman–Crippen MR) is 134 cm³/mol. The number of carbonyl (C=O) groups excluding carboxylic acids is 3. The van der Waals surface area contributed by atoms with E-state index in [1.165, 1.54) is 43.5 Å². The lowest BCUT2D eigenvalue weighted by Gasteiger charge is -2.18. The van der Waals surface area contributed by atoms with Crippen LogP contribution in [0.5, 0.6) is 5.75 Å². The van der Waals surface area contributed by atoms with E-state index in [2.05, 4.69) is 10.6 Å². The third kappa shape index (κ3) is 4.93. The van der Waals surface area contributed by atoms with E-state index in [0.29, 0.717) is 17.1 Å². The second-order valence-corrected chi connectivity index (χ2v) is 9.48. The van der Waals surface area contributed by atoms with Crippen LogP contribution in [0.4, 0.5) is 17.1 Å². The van der Waals surface area contributed by atoms with Crippen molar-refractivity contribution in [1.29, 1.82) is 0 Å². The van der Waals surface area contributed by atoms with Gasteiger partial charge in [0.1, 0.15) is 16.5 Å². The number of ether oxygens (including phenoxy) is 1. The molecule has 3 aromatic carbocycles. The van der Waals surface area contributed by atoms with Crippen LogP contribution < -0.4 is 25.4 Å². The third-order valence-corrected chi connectivity index (χ3v) is 6.47. The molecule has 36 heavy (non-hydrogen) atoms. The smallest absolute Gasteiger partial charge is 0.283 e. The van der Waals surface area contributed by atoms with Crippen LogP contribution >= 0.6 is 11.6 Å². The van der Waals surface area contributed by atoms with E-state index in [1.54, 1.807) is 36.4 Å². The van der Waals surface area contributed by atoms with E-state index in [4.69, 9.17) is 21.5 Å². The monoisotopic (exact) mass is 526 g/mol. The molecule has 0 atom stereocenters. The fourth-order valence-corrected chi connectivity index (χ4v) is 4.19. The summed E-state index contributed by atoms with van der Waals surface area (Å²) in [5.74, 6) is -1.57. The highest BCUT2D eigenvalue weighted by Gasteiger charge is 2.40. The Balaban J connectivity index is 1.53. The fourth-order valence-electron chi connectivity index (χ4n) is 3.46. The molecule has 0 saturated heterocycles. The van der Waals surface area contributed by atoms with Crippen LogP contribution in [0.25, 0.3) is 0 Å². The maximum atomic E-state index is 13.1. The minimum Gasteiger partial charge on any atom is -0.495 e. The van der Waals surface area contributed by atoms with Crippen molar-refractivity contribution in [2.45, 2.75) is 4.90 Å². The number of para-hydroxylation sites is 2. The summed E-state index contributed by atoms with van der Waals surface area (Å²) < 4.78 is 28.0. The molecular weight excluding hydrogens is 508 g/mol. The van der Waals surface area contributed by atoms with Crippen LogP contribution in [-0.4, -0.2) is 33.2 Å². The Kier molecular flexibility index (Phi) is 6.80. The van der Waals surface area contributed by atoms with Crippen LogP contribution in [0.1, 0.15) is 10.4 Å². The number of primary sulfonamides is 1. The Morgan fingerprint density at radius 1 is 0.944 bits per heavy atom. The van der Waals surface area contributed by atoms with Crippen molar-refractivity contribution in [3.8, 4) is 5.75 Å². The molecule has 0 saturated carbocycles. The zero-order chi connectivity index (χ0) is 26.0. The van der Waals surface area contributed by atoms with Crippen molar-refractivity contribution in [1.82, 2.24) is 0 Å². The van der Waals surface area contributed by atoms with Crippen LogP contribution in [0.2, 0.25) is 0 Å². The number of hydrogen-bond donors (Lipinski definition) is 3. The van der Waals surface area contributed by atoms with Crippen LogP contribution in [-0.2, 0) is 19.6 Å². The van der Waals surface area contributed by atoms with Crippen molar-refractivity contribution in [2.75, 3.05) is 22.6 Å². The number of sulfonamides is 1. The van der Waals surface area contributed by atoms with Gasteiger partial charge in [-0.05, 0) is 54.6 Å². The minimum atomic E-state index is -3.85. The van der Waals surface area contributed by atoms with Crippen molar-refractivity contribution in [2.24, 2.45) is 5.14 Å². The highest BCUT2D eigenvalue weighted by atomic mass is 35.5. The summed E-state index contributed by atoms with van der Waals surface area (Å²) in [6, 6.07) is 18.1. The van der Waals surface area contributed by atoms with Crippen molar-refractivity contribution in [3.05, 3.63) is 89.1 Å². The van der Waals surface area contributed by atoms with Gasteiger partial charge in [0, 0.05) is 16.9 Å². The van der Waals surface area contributed by atoms with E-state index in [-0.39, 0.29) is 26.9 Å². The molecule has 10 nitrogen and oxygen atoms in total. The Bertz CT molecular complexity index is 1520. The average molecular weight is 527 g/mol. The van der Waals surface area contributed by atoms with E-state index < -0.39 is 27.7 Å². The zero-order valence-corrected chi connectivity index (χ0v) is 20.3. The first-order valence-electron chi connectivity index (χ1n) is 10.3. The number of benzene rings is 3. The molecule has 0 aromatic heterocycles. The second kappa shape index (κ2) is 9.82. The number of amides is 3. The van der Waals surface area contributed by atoms with Crippen molar-refractivity contribution < 1.29 is 27.5 Å². The highest BCUT2D eigenvalue weighted by molar-refractivity contribution is 7.89. The molecule has 0 bridgehead atoms. The number of nitrogens with two attached hydrogens (primary N) is 1. The predicted octanol–water partition coefficient (Wildman–Crippen LogP) is 3.03. The van der Waals surface area contributed by atoms with E-state index >= 15 is 0 Å². The van der Waals surface area contributed by atoms with Gasteiger partial charge in [-0.15, -0.1) is 0 Å². The standard InChI is InChI=1S/C24H19ClN4O6S/c1-35-19-8-3-2-7-18(19)29-23(31)20(25)21(24(29)32)27-16-6-4-5-14(13-16)22(30)28-15-9-11-17(12-10-15)36(26,33)34/h2-13,27H,1H3,(H,28,30)(H2,26,33,34). The molecule has 0 radical (unpaired) electrons. The SMILES string of the molecule is COc1ccccc1N1C(=O)C(Cl)=C(Nc2cccc(C(=O)Nc3ccc(S(N)(=O)=O)cc3)c2)C1=O. The van der Waals surface area contributed by atoms with E-state index in [9.17, 15) is 22.8 Å².